The summed E-state index contributed by atoms with van der Waals surface area (Å²) in [5.74, 6) is 1.12. The molecular weight excluding hydrogens is 392 g/mol. The highest BCUT2D eigenvalue weighted by molar-refractivity contribution is 6.11. The van der Waals surface area contributed by atoms with Crippen LogP contribution in [0, 0.1) is 0 Å². The minimum atomic E-state index is 0.402. The summed E-state index contributed by atoms with van der Waals surface area (Å²) in [6.45, 7) is 0. The highest BCUT2D eigenvalue weighted by Gasteiger charge is 2.15. The van der Waals surface area contributed by atoms with E-state index in [1.807, 2.05) is 12.1 Å². The second kappa shape index (κ2) is 7.36. The Morgan fingerprint density at radius 2 is 1.09 bits per heavy atom. The number of hydrogen-bond acceptors (Lipinski definition) is 3. The fourth-order valence-electron chi connectivity index (χ4n) is 4.37. The van der Waals surface area contributed by atoms with E-state index in [9.17, 15) is 0 Å². The van der Waals surface area contributed by atoms with Crippen LogP contribution >= 0.6 is 0 Å². The van der Waals surface area contributed by atoms with Crippen molar-refractivity contribution in [1.82, 2.24) is 14.5 Å². The first-order valence-electron chi connectivity index (χ1n) is 10.5. The summed E-state index contributed by atoms with van der Waals surface area (Å²) in [7, 11) is 0. The molecule has 2 aromatic heterocycles. The van der Waals surface area contributed by atoms with Crippen LogP contribution in [0.5, 0.6) is 0 Å². The van der Waals surface area contributed by atoms with Gasteiger partial charge in [-0.3, -0.25) is 9.55 Å². The molecule has 4 heteroatoms. The van der Waals surface area contributed by atoms with Gasteiger partial charge in [0.05, 0.1) is 23.4 Å². The van der Waals surface area contributed by atoms with Crippen molar-refractivity contribution in [1.29, 1.82) is 0 Å². The molecule has 152 valence electrons. The van der Waals surface area contributed by atoms with Crippen molar-refractivity contribution in [2.75, 3.05) is 5.73 Å². The summed E-state index contributed by atoms with van der Waals surface area (Å²) in [5, 5.41) is 2.34. The van der Waals surface area contributed by atoms with Crippen LogP contribution in [0.25, 0.3) is 49.9 Å². The predicted molar refractivity (Wildman–Crippen MR) is 132 cm³/mol. The van der Waals surface area contributed by atoms with Crippen molar-refractivity contribution in [2.45, 2.75) is 0 Å². The predicted octanol–water partition coefficient (Wildman–Crippen LogP) is 6.49. The number of nitrogens with two attached hydrogens (primary N) is 1. The molecule has 0 saturated heterocycles. The monoisotopic (exact) mass is 412 g/mol. The minimum Gasteiger partial charge on any atom is -0.382 e. The highest BCUT2D eigenvalue weighted by atomic mass is 15.1. The Hall–Kier alpha value is -4.44. The van der Waals surface area contributed by atoms with Gasteiger partial charge >= 0.3 is 0 Å². The number of hydrogen-bond donors (Lipinski definition) is 1. The Morgan fingerprint density at radius 3 is 1.59 bits per heavy atom. The Labute approximate surface area is 185 Å². The van der Waals surface area contributed by atoms with E-state index in [0.29, 0.717) is 11.6 Å². The van der Waals surface area contributed by atoms with Crippen molar-refractivity contribution in [3.05, 3.63) is 109 Å². The number of fused-ring (bicyclic) bond motifs is 3. The first-order chi connectivity index (χ1) is 15.8. The molecule has 4 nitrogen and oxygen atoms in total. The normalized spacial score (nSPS) is 11.2. The third-order valence-corrected chi connectivity index (χ3v) is 5.85. The summed E-state index contributed by atoms with van der Waals surface area (Å²) in [5.41, 5.74) is 12.9. The van der Waals surface area contributed by atoms with Crippen LogP contribution in [0.2, 0.25) is 0 Å². The fourth-order valence-corrected chi connectivity index (χ4v) is 4.37. The molecule has 0 fully saturated rings. The van der Waals surface area contributed by atoms with E-state index in [1.165, 1.54) is 33.0 Å². The lowest BCUT2D eigenvalue weighted by Crippen LogP contribution is -2.01. The van der Waals surface area contributed by atoms with Gasteiger partial charge in [-0.05, 0) is 46.5 Å². The summed E-state index contributed by atoms with van der Waals surface area (Å²) in [6.07, 6.45) is 3.32. The molecule has 0 bridgehead atoms. The zero-order valence-electron chi connectivity index (χ0n) is 17.3. The Balaban J connectivity index is 1.68. The number of nitrogen functional groups attached to an aromatic ring is 1. The van der Waals surface area contributed by atoms with Gasteiger partial charge in [-0.15, -0.1) is 0 Å². The lowest BCUT2D eigenvalue weighted by Gasteiger charge is -2.08. The number of rotatable bonds is 3. The van der Waals surface area contributed by atoms with E-state index in [-0.39, 0.29) is 0 Å². The van der Waals surface area contributed by atoms with Crippen LogP contribution < -0.4 is 5.73 Å². The standard InChI is InChI=1S/C28H20N4/c29-27-17-30-18-28(31-27)32-25-13-11-21(19-7-3-1-4-8-19)15-23(25)24-16-22(12-14-26(24)32)20-9-5-2-6-10-20/h1-18H,(H2,29,31). The lowest BCUT2D eigenvalue weighted by atomic mass is 10.0. The Kier molecular flexibility index (Phi) is 4.22. The van der Waals surface area contributed by atoms with Gasteiger partial charge in [-0.2, -0.15) is 0 Å². The van der Waals surface area contributed by atoms with Gasteiger partial charge in [-0.25, -0.2) is 4.98 Å². The number of aromatic nitrogens is 3. The molecular formula is C28H20N4. The van der Waals surface area contributed by atoms with Crippen molar-refractivity contribution in [2.24, 2.45) is 0 Å². The van der Waals surface area contributed by atoms with E-state index in [0.717, 1.165) is 11.0 Å². The molecule has 6 aromatic rings. The van der Waals surface area contributed by atoms with Crippen molar-refractivity contribution >= 4 is 27.6 Å². The van der Waals surface area contributed by atoms with Crippen LogP contribution in [0.1, 0.15) is 0 Å². The van der Waals surface area contributed by atoms with Crippen LogP contribution in [-0.4, -0.2) is 14.5 Å². The summed E-state index contributed by atoms with van der Waals surface area (Å²) in [4.78, 5) is 8.83. The SMILES string of the molecule is Nc1cncc(-n2c3ccc(-c4ccccc4)cc3c3cc(-c4ccccc4)ccc32)n1. The third-order valence-electron chi connectivity index (χ3n) is 5.85. The molecule has 0 spiro atoms. The minimum absolute atomic E-state index is 0.402. The maximum Gasteiger partial charge on any atom is 0.158 e. The van der Waals surface area contributed by atoms with Gasteiger partial charge in [0.1, 0.15) is 5.82 Å². The van der Waals surface area contributed by atoms with E-state index < -0.39 is 0 Å². The zero-order chi connectivity index (χ0) is 21.5. The van der Waals surface area contributed by atoms with Crippen molar-refractivity contribution in [3.63, 3.8) is 0 Å². The Morgan fingerprint density at radius 1 is 0.562 bits per heavy atom. The second-order valence-corrected chi connectivity index (χ2v) is 7.83. The van der Waals surface area contributed by atoms with Gasteiger partial charge < -0.3 is 5.73 Å². The first kappa shape index (κ1) is 18.3. The summed E-state index contributed by atoms with van der Waals surface area (Å²) < 4.78 is 2.14. The van der Waals surface area contributed by atoms with Crippen LogP contribution in [0.3, 0.4) is 0 Å². The average molecular weight is 412 g/mol. The molecule has 0 aliphatic carbocycles. The topological polar surface area (TPSA) is 56.7 Å². The molecule has 4 aromatic carbocycles. The summed E-state index contributed by atoms with van der Waals surface area (Å²) in [6, 6.07) is 34.1. The fraction of sp³-hybridized carbons (Fsp3) is 0. The van der Waals surface area contributed by atoms with E-state index >= 15 is 0 Å². The maximum absolute atomic E-state index is 5.97. The smallest absolute Gasteiger partial charge is 0.158 e. The molecule has 0 unspecified atom stereocenters. The van der Waals surface area contributed by atoms with Crippen molar-refractivity contribution in [3.8, 4) is 28.1 Å². The largest absolute Gasteiger partial charge is 0.382 e. The van der Waals surface area contributed by atoms with E-state index in [1.54, 1.807) is 12.4 Å². The maximum atomic E-state index is 5.97. The van der Waals surface area contributed by atoms with Gasteiger partial charge in [0.2, 0.25) is 0 Å². The number of benzene rings is 4. The average Bonchev–Trinajstić information content (AvgIpc) is 3.18. The quantitative estimate of drug-likeness (QED) is 0.361. The molecule has 0 aliphatic heterocycles. The Bertz CT molecular complexity index is 1470. The zero-order valence-corrected chi connectivity index (χ0v) is 17.3. The van der Waals surface area contributed by atoms with Gasteiger partial charge in [0.15, 0.2) is 5.82 Å². The molecule has 0 atom stereocenters. The van der Waals surface area contributed by atoms with Crippen LogP contribution in [0.4, 0.5) is 5.82 Å². The van der Waals surface area contributed by atoms with Gasteiger partial charge in [0, 0.05) is 10.8 Å². The van der Waals surface area contributed by atoms with E-state index in [2.05, 4.69) is 99.5 Å². The number of anilines is 1. The molecule has 0 aliphatic rings. The van der Waals surface area contributed by atoms with Gasteiger partial charge in [-0.1, -0.05) is 72.8 Å². The molecule has 32 heavy (non-hydrogen) atoms. The number of nitrogens with zero attached hydrogens (tertiary/aromatic N) is 3. The molecule has 6 rings (SSSR count). The highest BCUT2D eigenvalue weighted by Crippen LogP contribution is 2.36. The molecule has 0 radical (unpaired) electrons. The van der Waals surface area contributed by atoms with Crippen molar-refractivity contribution < 1.29 is 0 Å². The first-order valence-corrected chi connectivity index (χ1v) is 10.5. The summed E-state index contributed by atoms with van der Waals surface area (Å²) >= 11 is 0. The second-order valence-electron chi connectivity index (χ2n) is 7.83. The molecule has 0 amide bonds. The third kappa shape index (κ3) is 3.01. The van der Waals surface area contributed by atoms with Crippen LogP contribution in [-0.2, 0) is 0 Å². The van der Waals surface area contributed by atoms with Gasteiger partial charge in [0.25, 0.3) is 0 Å². The molecule has 2 heterocycles. The lowest BCUT2D eigenvalue weighted by molar-refractivity contribution is 1.05. The van der Waals surface area contributed by atoms with Crippen LogP contribution in [0.15, 0.2) is 109 Å². The molecule has 2 N–H and O–H groups in total. The van der Waals surface area contributed by atoms with E-state index in [4.69, 9.17) is 5.73 Å². The molecule has 0 saturated carbocycles.